The van der Waals surface area contributed by atoms with Gasteiger partial charge in [0.05, 0.1) is 4.92 Å². The van der Waals surface area contributed by atoms with Gasteiger partial charge in [0.1, 0.15) is 0 Å². The van der Waals surface area contributed by atoms with Crippen LogP contribution in [-0.2, 0) is 0 Å². The van der Waals surface area contributed by atoms with Gasteiger partial charge in [-0.3, -0.25) is 10.1 Å². The number of nitrogens with one attached hydrogen (secondary N) is 1. The molecule has 110 valence electrons. The van der Waals surface area contributed by atoms with Crippen molar-refractivity contribution in [2.75, 3.05) is 11.9 Å². The summed E-state index contributed by atoms with van der Waals surface area (Å²) >= 11 is 0. The first-order chi connectivity index (χ1) is 9.49. The van der Waals surface area contributed by atoms with E-state index in [0.29, 0.717) is 24.1 Å². The third kappa shape index (κ3) is 3.23. The van der Waals surface area contributed by atoms with Crippen molar-refractivity contribution in [2.24, 2.45) is 11.8 Å². The van der Waals surface area contributed by atoms with E-state index in [9.17, 15) is 18.9 Å². The van der Waals surface area contributed by atoms with Crippen LogP contribution in [0.4, 0.5) is 20.2 Å². The number of alkyl halides is 2. The smallest absolute Gasteiger partial charge is 0.270 e. The van der Waals surface area contributed by atoms with E-state index in [4.69, 9.17) is 0 Å². The number of rotatable bonds is 5. The Kier molecular flexibility index (Phi) is 4.52. The molecule has 1 saturated carbocycles. The highest BCUT2D eigenvalue weighted by atomic mass is 19.3. The lowest BCUT2D eigenvalue weighted by molar-refractivity contribution is -0.385. The van der Waals surface area contributed by atoms with Crippen LogP contribution in [0.2, 0.25) is 0 Å². The molecule has 0 radical (unpaired) electrons. The molecule has 0 aliphatic heterocycles. The van der Waals surface area contributed by atoms with Gasteiger partial charge in [-0.1, -0.05) is 19.8 Å². The lowest BCUT2D eigenvalue weighted by Crippen LogP contribution is -2.17. The summed E-state index contributed by atoms with van der Waals surface area (Å²) in [5.74, 6) is 1.08. The van der Waals surface area contributed by atoms with Crippen LogP contribution < -0.4 is 5.32 Å². The standard InChI is InChI=1S/C14H18F2N2O2/c1-9-3-2-4-10(9)8-17-13-6-5-11(18(19)20)7-12(13)14(15)16/h5-7,9-10,14,17H,2-4,8H2,1H3. The molecule has 1 aliphatic rings. The summed E-state index contributed by atoms with van der Waals surface area (Å²) in [7, 11) is 0. The van der Waals surface area contributed by atoms with Crippen LogP contribution in [0, 0.1) is 22.0 Å². The van der Waals surface area contributed by atoms with Crippen molar-refractivity contribution >= 4 is 11.4 Å². The summed E-state index contributed by atoms with van der Waals surface area (Å²) in [6.07, 6.45) is 0.730. The van der Waals surface area contributed by atoms with Gasteiger partial charge >= 0.3 is 0 Å². The zero-order valence-corrected chi connectivity index (χ0v) is 11.3. The van der Waals surface area contributed by atoms with Gasteiger partial charge in [0.2, 0.25) is 0 Å². The van der Waals surface area contributed by atoms with Crippen LogP contribution in [-0.4, -0.2) is 11.5 Å². The molecule has 0 aromatic heterocycles. The lowest BCUT2D eigenvalue weighted by atomic mass is 9.98. The van der Waals surface area contributed by atoms with Gasteiger partial charge in [-0.05, 0) is 24.3 Å². The fourth-order valence-corrected chi connectivity index (χ4v) is 2.77. The summed E-state index contributed by atoms with van der Waals surface area (Å²) in [5, 5.41) is 13.7. The molecule has 1 aliphatic carbocycles. The fraction of sp³-hybridized carbons (Fsp3) is 0.571. The third-order valence-electron chi connectivity index (χ3n) is 4.07. The van der Waals surface area contributed by atoms with E-state index >= 15 is 0 Å². The first-order valence-corrected chi connectivity index (χ1v) is 6.79. The molecule has 2 atom stereocenters. The van der Waals surface area contributed by atoms with Crippen molar-refractivity contribution < 1.29 is 13.7 Å². The number of nitro groups is 1. The fourth-order valence-electron chi connectivity index (χ4n) is 2.77. The van der Waals surface area contributed by atoms with E-state index in [1.165, 1.54) is 25.0 Å². The molecular formula is C14H18F2N2O2. The minimum atomic E-state index is -2.72. The molecule has 0 amide bonds. The Balaban J connectivity index is 2.12. The van der Waals surface area contributed by atoms with Crippen molar-refractivity contribution in [1.82, 2.24) is 0 Å². The third-order valence-corrected chi connectivity index (χ3v) is 4.07. The zero-order valence-electron chi connectivity index (χ0n) is 11.3. The molecule has 1 aromatic carbocycles. The molecule has 0 bridgehead atoms. The molecule has 2 rings (SSSR count). The van der Waals surface area contributed by atoms with E-state index in [1.807, 2.05) is 0 Å². The molecule has 0 heterocycles. The predicted molar refractivity (Wildman–Crippen MR) is 73.0 cm³/mol. The second kappa shape index (κ2) is 6.15. The van der Waals surface area contributed by atoms with Gasteiger partial charge in [-0.15, -0.1) is 0 Å². The van der Waals surface area contributed by atoms with Crippen LogP contribution >= 0.6 is 0 Å². The van der Waals surface area contributed by atoms with E-state index in [1.54, 1.807) is 0 Å². The quantitative estimate of drug-likeness (QED) is 0.644. The largest absolute Gasteiger partial charge is 0.384 e. The number of benzene rings is 1. The van der Waals surface area contributed by atoms with Crippen LogP contribution in [0.1, 0.15) is 38.2 Å². The maximum atomic E-state index is 13.0. The van der Waals surface area contributed by atoms with Gasteiger partial charge in [0.15, 0.2) is 0 Å². The van der Waals surface area contributed by atoms with Crippen molar-refractivity contribution in [3.8, 4) is 0 Å². The first kappa shape index (κ1) is 14.7. The number of nitrogens with zero attached hydrogens (tertiary/aromatic N) is 1. The Bertz CT molecular complexity index is 494. The summed E-state index contributed by atoms with van der Waals surface area (Å²) in [6, 6.07) is 3.58. The summed E-state index contributed by atoms with van der Waals surface area (Å²) in [5.41, 5.74) is -0.311. The zero-order chi connectivity index (χ0) is 14.7. The predicted octanol–water partition coefficient (Wildman–Crippen LogP) is 4.38. The van der Waals surface area contributed by atoms with Gasteiger partial charge in [0, 0.05) is 29.9 Å². The van der Waals surface area contributed by atoms with Crippen molar-refractivity contribution in [3.63, 3.8) is 0 Å². The highest BCUT2D eigenvalue weighted by Gasteiger charge is 2.24. The second-order valence-electron chi connectivity index (χ2n) is 5.38. The van der Waals surface area contributed by atoms with Gasteiger partial charge < -0.3 is 5.32 Å². The maximum Gasteiger partial charge on any atom is 0.270 e. The Morgan fingerprint density at radius 3 is 2.75 bits per heavy atom. The molecule has 1 aromatic rings. The van der Waals surface area contributed by atoms with E-state index in [0.717, 1.165) is 12.5 Å². The molecule has 0 saturated heterocycles. The Labute approximate surface area is 116 Å². The highest BCUT2D eigenvalue weighted by molar-refractivity contribution is 5.56. The molecule has 0 spiro atoms. The Hall–Kier alpha value is -1.72. The van der Waals surface area contributed by atoms with Crippen molar-refractivity contribution in [3.05, 3.63) is 33.9 Å². The minimum Gasteiger partial charge on any atom is -0.384 e. The van der Waals surface area contributed by atoms with Crippen LogP contribution in [0.3, 0.4) is 0 Å². The first-order valence-electron chi connectivity index (χ1n) is 6.79. The number of anilines is 1. The average molecular weight is 284 g/mol. The summed E-state index contributed by atoms with van der Waals surface area (Å²) in [6.45, 7) is 2.81. The minimum absolute atomic E-state index is 0.296. The average Bonchev–Trinajstić information content (AvgIpc) is 2.81. The van der Waals surface area contributed by atoms with E-state index in [2.05, 4.69) is 12.2 Å². The van der Waals surface area contributed by atoms with Gasteiger partial charge in [-0.2, -0.15) is 0 Å². The molecule has 6 heteroatoms. The van der Waals surface area contributed by atoms with E-state index < -0.39 is 11.3 Å². The Morgan fingerprint density at radius 2 is 2.20 bits per heavy atom. The maximum absolute atomic E-state index is 13.0. The molecular weight excluding hydrogens is 266 g/mol. The normalized spacial score (nSPS) is 22.2. The molecule has 2 unspecified atom stereocenters. The molecule has 1 N–H and O–H groups in total. The van der Waals surface area contributed by atoms with Crippen LogP contribution in [0.15, 0.2) is 18.2 Å². The number of halogens is 2. The summed E-state index contributed by atoms with van der Waals surface area (Å²) in [4.78, 5) is 9.98. The number of non-ortho nitro benzene ring substituents is 1. The molecule has 20 heavy (non-hydrogen) atoms. The van der Waals surface area contributed by atoms with E-state index in [-0.39, 0.29) is 11.3 Å². The van der Waals surface area contributed by atoms with Gasteiger partial charge in [0.25, 0.3) is 12.1 Å². The SMILES string of the molecule is CC1CCCC1CNc1ccc([N+](=O)[O-])cc1C(F)F. The highest BCUT2D eigenvalue weighted by Crippen LogP contribution is 2.34. The molecule has 1 fully saturated rings. The van der Waals surface area contributed by atoms with Crippen LogP contribution in [0.25, 0.3) is 0 Å². The topological polar surface area (TPSA) is 55.2 Å². The Morgan fingerprint density at radius 1 is 1.45 bits per heavy atom. The van der Waals surface area contributed by atoms with Crippen molar-refractivity contribution in [2.45, 2.75) is 32.6 Å². The summed E-state index contributed by atoms with van der Waals surface area (Å²) < 4.78 is 26.0. The monoisotopic (exact) mass is 284 g/mol. The van der Waals surface area contributed by atoms with Gasteiger partial charge in [-0.25, -0.2) is 8.78 Å². The number of nitro benzene ring substituents is 1. The number of hydrogen-bond donors (Lipinski definition) is 1. The van der Waals surface area contributed by atoms with Crippen molar-refractivity contribution in [1.29, 1.82) is 0 Å². The number of hydrogen-bond acceptors (Lipinski definition) is 3. The molecule has 4 nitrogen and oxygen atoms in total. The van der Waals surface area contributed by atoms with Crippen LogP contribution in [0.5, 0.6) is 0 Å². The lowest BCUT2D eigenvalue weighted by Gasteiger charge is -2.18. The second-order valence-corrected chi connectivity index (χ2v) is 5.38.